The Balaban J connectivity index is 2.42. The maximum absolute atomic E-state index is 10.6. The van der Waals surface area contributed by atoms with Gasteiger partial charge in [0, 0.05) is 0 Å². The highest BCUT2D eigenvalue weighted by Gasteiger charge is 2.26. The quantitative estimate of drug-likeness (QED) is 0.377. The minimum Gasteiger partial charge on any atom is -0.393 e. The molecule has 0 atom stereocenters. The number of nitrogens with one attached hydrogen (secondary N) is 1. The molecular formula is C6H8N6O3. The Hall–Kier alpha value is -2.13. The minimum atomic E-state index is -0.527. The Morgan fingerprint density at radius 3 is 2.93 bits per heavy atom. The van der Waals surface area contributed by atoms with Crippen LogP contribution in [0.15, 0.2) is 12.5 Å². The summed E-state index contributed by atoms with van der Waals surface area (Å²) in [6.45, 7) is 0. The first-order valence-corrected chi connectivity index (χ1v) is 3.94. The van der Waals surface area contributed by atoms with Crippen molar-refractivity contribution in [3.63, 3.8) is 0 Å². The molecule has 80 valence electrons. The topological polar surface area (TPSA) is 111 Å². The van der Waals surface area contributed by atoms with Gasteiger partial charge in [0.15, 0.2) is 5.70 Å². The molecule has 3 N–H and O–H groups in total. The largest absolute Gasteiger partial charge is 0.393 e. The van der Waals surface area contributed by atoms with Gasteiger partial charge in [0.25, 0.3) is 5.82 Å². The van der Waals surface area contributed by atoms with E-state index in [0.29, 0.717) is 11.5 Å². The molecule has 0 saturated heterocycles. The third kappa shape index (κ3) is 1.39. The van der Waals surface area contributed by atoms with Crippen molar-refractivity contribution in [2.75, 3.05) is 0 Å². The summed E-state index contributed by atoms with van der Waals surface area (Å²) in [6.07, 6.45) is 2.47. The molecule has 1 aliphatic rings. The van der Waals surface area contributed by atoms with Crippen molar-refractivity contribution in [3.05, 3.63) is 28.4 Å². The van der Waals surface area contributed by atoms with Gasteiger partial charge < -0.3 is 15.0 Å². The summed E-state index contributed by atoms with van der Waals surface area (Å²) in [5.74, 6) is 5.69. The summed E-state index contributed by atoms with van der Waals surface area (Å²) >= 11 is 0. The molecule has 1 aromatic rings. The number of nitro groups is 1. The van der Waals surface area contributed by atoms with Gasteiger partial charge in [-0.2, -0.15) is 0 Å². The van der Waals surface area contributed by atoms with Crippen LogP contribution in [-0.4, -0.2) is 19.6 Å². The van der Waals surface area contributed by atoms with Crippen LogP contribution in [0.3, 0.4) is 0 Å². The van der Waals surface area contributed by atoms with Crippen LogP contribution in [0, 0.1) is 10.1 Å². The Kier molecular flexibility index (Phi) is 2.02. The first-order valence-electron chi connectivity index (χ1n) is 3.94. The molecule has 9 heteroatoms. The van der Waals surface area contributed by atoms with Gasteiger partial charge in [-0.1, -0.05) is 5.59 Å². The van der Waals surface area contributed by atoms with Crippen molar-refractivity contribution < 1.29 is 9.76 Å². The number of nitrogens with two attached hydrogens (primary N) is 1. The van der Waals surface area contributed by atoms with E-state index >= 15 is 0 Å². The average molecular weight is 212 g/mol. The third-order valence-electron chi connectivity index (χ3n) is 1.96. The van der Waals surface area contributed by atoms with Crippen molar-refractivity contribution in [3.8, 4) is 0 Å². The second kappa shape index (κ2) is 3.22. The Morgan fingerprint density at radius 1 is 1.73 bits per heavy atom. The molecule has 0 amide bonds. The van der Waals surface area contributed by atoms with E-state index in [-0.39, 0.29) is 5.82 Å². The molecule has 0 unspecified atom stereocenters. The normalized spacial score (nSPS) is 15.1. The molecular weight excluding hydrogens is 204 g/mol. The van der Waals surface area contributed by atoms with Gasteiger partial charge in [-0.3, -0.25) is 0 Å². The van der Waals surface area contributed by atoms with Gasteiger partial charge in [0.2, 0.25) is 0 Å². The minimum absolute atomic E-state index is 0.119. The fourth-order valence-electron chi connectivity index (χ4n) is 1.21. The van der Waals surface area contributed by atoms with Crippen molar-refractivity contribution in [2.24, 2.45) is 12.9 Å². The van der Waals surface area contributed by atoms with E-state index in [4.69, 9.17) is 10.7 Å². The van der Waals surface area contributed by atoms with Gasteiger partial charge >= 0.3 is 5.82 Å². The van der Waals surface area contributed by atoms with Crippen molar-refractivity contribution in [2.45, 2.75) is 0 Å². The lowest BCUT2D eigenvalue weighted by Crippen LogP contribution is -2.37. The first kappa shape index (κ1) is 9.43. The highest BCUT2D eigenvalue weighted by Crippen LogP contribution is 2.21. The number of hydrogen-bond acceptors (Lipinski definition) is 7. The summed E-state index contributed by atoms with van der Waals surface area (Å²) in [5.41, 5.74) is 2.74. The summed E-state index contributed by atoms with van der Waals surface area (Å²) in [7, 11) is 1.52. The molecule has 0 aliphatic carbocycles. The smallest absolute Gasteiger partial charge is 0.342 e. The summed E-state index contributed by atoms with van der Waals surface area (Å²) < 4.78 is 1.31. The van der Waals surface area contributed by atoms with Crippen LogP contribution in [0.5, 0.6) is 0 Å². The zero-order valence-corrected chi connectivity index (χ0v) is 7.75. The SMILES string of the molecule is Cn1c([N+](=O)[O-])cnc1C1=CONN1N. The van der Waals surface area contributed by atoms with E-state index in [1.54, 1.807) is 0 Å². The number of nitrogens with zero attached hydrogens (tertiary/aromatic N) is 4. The number of hydrogen-bond donors (Lipinski definition) is 2. The molecule has 15 heavy (non-hydrogen) atoms. The maximum atomic E-state index is 10.6. The first-order chi connectivity index (χ1) is 7.11. The summed E-state index contributed by atoms with van der Waals surface area (Å²) in [6, 6.07) is 0. The molecule has 0 aromatic carbocycles. The van der Waals surface area contributed by atoms with Crippen LogP contribution in [0.2, 0.25) is 0 Å². The molecule has 1 aromatic heterocycles. The fraction of sp³-hybridized carbons (Fsp3) is 0.167. The van der Waals surface area contributed by atoms with Crippen LogP contribution < -0.4 is 11.4 Å². The van der Waals surface area contributed by atoms with E-state index in [1.807, 2.05) is 0 Å². The molecule has 0 fully saturated rings. The van der Waals surface area contributed by atoms with Gasteiger partial charge in [0.05, 0.1) is 7.05 Å². The van der Waals surface area contributed by atoms with E-state index in [9.17, 15) is 10.1 Å². The number of rotatable bonds is 2. The highest BCUT2D eigenvalue weighted by atomic mass is 16.7. The zero-order chi connectivity index (χ0) is 11.0. The average Bonchev–Trinajstić information content (AvgIpc) is 2.71. The second-order valence-corrected chi connectivity index (χ2v) is 2.84. The molecule has 9 nitrogen and oxygen atoms in total. The number of aromatic nitrogens is 2. The molecule has 2 rings (SSSR count). The van der Waals surface area contributed by atoms with Gasteiger partial charge in [-0.05, 0) is 4.92 Å². The van der Waals surface area contributed by atoms with E-state index in [2.05, 4.69) is 10.6 Å². The van der Waals surface area contributed by atoms with Crippen LogP contribution >= 0.6 is 0 Å². The monoisotopic (exact) mass is 212 g/mol. The van der Waals surface area contributed by atoms with Crippen molar-refractivity contribution in [1.29, 1.82) is 0 Å². The lowest BCUT2D eigenvalue weighted by Gasteiger charge is -2.09. The molecule has 1 aliphatic heterocycles. The van der Waals surface area contributed by atoms with E-state index < -0.39 is 4.92 Å². The molecule has 0 spiro atoms. The van der Waals surface area contributed by atoms with Gasteiger partial charge in [-0.25, -0.2) is 20.5 Å². The van der Waals surface area contributed by atoms with Gasteiger partial charge in [-0.15, -0.1) is 0 Å². The summed E-state index contributed by atoms with van der Waals surface area (Å²) in [4.78, 5) is 18.6. The molecule has 0 bridgehead atoms. The molecule has 2 heterocycles. The number of hydrazine groups is 2. The predicted molar refractivity (Wildman–Crippen MR) is 48.1 cm³/mol. The van der Waals surface area contributed by atoms with Crippen LogP contribution in [0.4, 0.5) is 5.82 Å². The second-order valence-electron chi connectivity index (χ2n) is 2.84. The fourth-order valence-corrected chi connectivity index (χ4v) is 1.21. The van der Waals surface area contributed by atoms with Crippen molar-refractivity contribution >= 4 is 11.5 Å². The van der Waals surface area contributed by atoms with Gasteiger partial charge in [0.1, 0.15) is 12.5 Å². The zero-order valence-electron chi connectivity index (χ0n) is 7.75. The maximum Gasteiger partial charge on any atom is 0.342 e. The van der Waals surface area contributed by atoms with Crippen LogP contribution in [0.1, 0.15) is 5.82 Å². The summed E-state index contributed by atoms with van der Waals surface area (Å²) in [5, 5.41) is 11.6. The van der Waals surface area contributed by atoms with E-state index in [0.717, 1.165) is 11.3 Å². The van der Waals surface area contributed by atoms with Crippen LogP contribution in [0.25, 0.3) is 5.70 Å². The third-order valence-corrected chi connectivity index (χ3v) is 1.96. The highest BCUT2D eigenvalue weighted by molar-refractivity contribution is 5.58. The predicted octanol–water partition coefficient (Wildman–Crippen LogP) is -0.748. The van der Waals surface area contributed by atoms with Crippen molar-refractivity contribution in [1.82, 2.24) is 20.3 Å². The Morgan fingerprint density at radius 2 is 2.47 bits per heavy atom. The number of imidazole rings is 1. The molecule has 0 saturated carbocycles. The Labute approximate surface area is 83.8 Å². The van der Waals surface area contributed by atoms with Crippen LogP contribution in [-0.2, 0) is 11.9 Å². The lowest BCUT2D eigenvalue weighted by atomic mass is 10.4. The Bertz CT molecular complexity index is 438. The standard InChI is InChI=1S/C6H8N6O3/c1-10-5(12(13)14)2-8-6(10)4-3-15-9-11(4)7/h2-3,9H,7H2,1H3. The van der Waals surface area contributed by atoms with E-state index in [1.165, 1.54) is 17.9 Å². The molecule has 0 radical (unpaired) electrons. The lowest BCUT2D eigenvalue weighted by molar-refractivity contribution is -0.391.